The zero-order valence-electron chi connectivity index (χ0n) is 16.1. The van der Waals surface area contributed by atoms with Gasteiger partial charge in [-0.1, -0.05) is 109 Å². The number of carbonyl (C=O) groups excluding carboxylic acids is 1. The van der Waals surface area contributed by atoms with Gasteiger partial charge in [-0.25, -0.2) is 0 Å². The molecule has 0 atom stereocenters. The number of rotatable bonds is 6. The third-order valence-electron chi connectivity index (χ3n) is 4.87. The van der Waals surface area contributed by atoms with Crippen LogP contribution >= 0.6 is 0 Å². The highest BCUT2D eigenvalue weighted by molar-refractivity contribution is 5.73. The van der Waals surface area contributed by atoms with Crippen molar-refractivity contribution in [2.45, 2.75) is 13.0 Å². The molecule has 0 N–H and O–H groups in total. The zero-order valence-corrected chi connectivity index (χ0v) is 16.1. The summed E-state index contributed by atoms with van der Waals surface area (Å²) in [6.45, 7) is 0.288. The molecule has 0 radical (unpaired) electrons. The number of esters is 1. The van der Waals surface area contributed by atoms with Crippen LogP contribution in [-0.4, -0.2) is 5.97 Å². The van der Waals surface area contributed by atoms with Gasteiger partial charge in [0.25, 0.3) is 0 Å². The molecule has 29 heavy (non-hydrogen) atoms. The smallest absolute Gasteiger partial charge is 0.310 e. The molecule has 0 saturated heterocycles. The minimum absolute atomic E-state index is 0.218. The molecule has 4 rings (SSSR count). The van der Waals surface area contributed by atoms with Gasteiger partial charge in [0.15, 0.2) is 0 Å². The van der Waals surface area contributed by atoms with Crippen LogP contribution in [0.15, 0.2) is 109 Å². The van der Waals surface area contributed by atoms with Gasteiger partial charge >= 0.3 is 5.97 Å². The molecule has 2 nitrogen and oxygen atoms in total. The van der Waals surface area contributed by atoms with Crippen molar-refractivity contribution in [1.29, 1.82) is 0 Å². The van der Waals surface area contributed by atoms with E-state index in [0.29, 0.717) is 0 Å². The maximum Gasteiger partial charge on any atom is 0.310 e. The molecule has 0 unspecified atom stereocenters. The molecule has 4 aromatic carbocycles. The zero-order chi connectivity index (χ0) is 19.9. The van der Waals surface area contributed by atoms with Gasteiger partial charge in [0.05, 0.1) is 6.42 Å². The van der Waals surface area contributed by atoms with E-state index in [1.165, 1.54) is 11.1 Å². The van der Waals surface area contributed by atoms with Gasteiger partial charge in [0, 0.05) is 0 Å². The van der Waals surface area contributed by atoms with Gasteiger partial charge in [0.1, 0.15) is 6.61 Å². The fraction of sp³-hybridized carbons (Fsp3) is 0.0741. The SMILES string of the molecule is O=C(Cc1ccc(-c2ccccc2)cc1)OCc1ccc(-c2ccccc2)cc1. The molecule has 142 valence electrons. The van der Waals surface area contributed by atoms with Crippen LogP contribution in [0.25, 0.3) is 22.3 Å². The lowest BCUT2D eigenvalue weighted by Crippen LogP contribution is -2.08. The second-order valence-corrected chi connectivity index (χ2v) is 6.96. The van der Waals surface area contributed by atoms with Gasteiger partial charge in [-0.2, -0.15) is 0 Å². The van der Waals surface area contributed by atoms with E-state index < -0.39 is 0 Å². The number of hydrogen-bond acceptors (Lipinski definition) is 2. The Morgan fingerprint density at radius 3 is 1.41 bits per heavy atom. The predicted octanol–water partition coefficient (Wildman–Crippen LogP) is 6.31. The van der Waals surface area contributed by atoms with Crippen molar-refractivity contribution in [2.24, 2.45) is 0 Å². The molecule has 4 aromatic rings. The molecule has 2 heteroatoms. The molecule has 0 aliphatic carbocycles. The van der Waals surface area contributed by atoms with Gasteiger partial charge in [-0.05, 0) is 33.4 Å². The summed E-state index contributed by atoms with van der Waals surface area (Å²) < 4.78 is 5.45. The van der Waals surface area contributed by atoms with E-state index in [2.05, 4.69) is 36.4 Å². The largest absolute Gasteiger partial charge is 0.461 e. The Hall–Kier alpha value is -3.65. The number of carbonyl (C=O) groups is 1. The summed E-state index contributed by atoms with van der Waals surface area (Å²) in [5, 5.41) is 0. The molecular formula is C27H22O2. The summed E-state index contributed by atoms with van der Waals surface area (Å²) in [4.78, 5) is 12.2. The first-order valence-electron chi connectivity index (χ1n) is 9.72. The maximum absolute atomic E-state index is 12.2. The molecule has 0 aliphatic rings. The summed E-state index contributed by atoms with van der Waals surface area (Å²) >= 11 is 0. The molecule has 0 saturated carbocycles. The molecular weight excluding hydrogens is 356 g/mol. The highest BCUT2D eigenvalue weighted by Crippen LogP contribution is 2.21. The fourth-order valence-corrected chi connectivity index (χ4v) is 3.25. The normalized spacial score (nSPS) is 10.5. The molecule has 0 heterocycles. The van der Waals surface area contributed by atoms with Crippen LogP contribution in [0.2, 0.25) is 0 Å². The van der Waals surface area contributed by atoms with Crippen LogP contribution in [0.1, 0.15) is 11.1 Å². The van der Waals surface area contributed by atoms with Crippen LogP contribution in [0, 0.1) is 0 Å². The minimum Gasteiger partial charge on any atom is -0.461 e. The second kappa shape index (κ2) is 9.03. The summed E-state index contributed by atoms with van der Waals surface area (Å²) in [5.41, 5.74) is 6.57. The van der Waals surface area contributed by atoms with Crippen LogP contribution in [0.4, 0.5) is 0 Å². The quantitative estimate of drug-likeness (QED) is 0.368. The molecule has 0 aliphatic heterocycles. The first-order chi connectivity index (χ1) is 14.3. The number of ether oxygens (including phenoxy) is 1. The van der Waals surface area contributed by atoms with Crippen LogP contribution in [0.3, 0.4) is 0 Å². The lowest BCUT2D eigenvalue weighted by Gasteiger charge is -2.07. The Balaban J connectivity index is 1.31. The fourth-order valence-electron chi connectivity index (χ4n) is 3.25. The van der Waals surface area contributed by atoms with E-state index in [-0.39, 0.29) is 19.0 Å². The lowest BCUT2D eigenvalue weighted by atomic mass is 10.0. The van der Waals surface area contributed by atoms with E-state index in [1.54, 1.807) is 0 Å². The Kier molecular flexibility index (Phi) is 5.82. The molecule has 0 amide bonds. The highest BCUT2D eigenvalue weighted by atomic mass is 16.5. The average Bonchev–Trinajstić information content (AvgIpc) is 2.80. The third kappa shape index (κ3) is 4.99. The standard InChI is InChI=1S/C27H22O2/c28-27(19-21-11-15-25(16-12-21)23-7-3-1-4-8-23)29-20-22-13-17-26(18-14-22)24-9-5-2-6-10-24/h1-18H,19-20H2. The first kappa shape index (κ1) is 18.7. The van der Waals surface area contributed by atoms with Crippen molar-refractivity contribution < 1.29 is 9.53 Å². The van der Waals surface area contributed by atoms with Gasteiger partial charge in [-0.3, -0.25) is 4.79 Å². The van der Waals surface area contributed by atoms with E-state index in [1.807, 2.05) is 72.8 Å². The highest BCUT2D eigenvalue weighted by Gasteiger charge is 2.06. The van der Waals surface area contributed by atoms with E-state index >= 15 is 0 Å². The predicted molar refractivity (Wildman–Crippen MR) is 117 cm³/mol. The van der Waals surface area contributed by atoms with Crippen LogP contribution in [-0.2, 0) is 22.6 Å². The Labute approximate surface area is 171 Å². The lowest BCUT2D eigenvalue weighted by molar-refractivity contribution is -0.144. The summed E-state index contributed by atoms with van der Waals surface area (Å²) in [6.07, 6.45) is 0.275. The number of benzene rings is 4. The molecule has 0 bridgehead atoms. The van der Waals surface area contributed by atoms with Crippen molar-refractivity contribution in [3.05, 3.63) is 120 Å². The molecule has 0 aromatic heterocycles. The summed E-state index contributed by atoms with van der Waals surface area (Å²) in [7, 11) is 0. The van der Waals surface area contributed by atoms with Crippen LogP contribution in [0.5, 0.6) is 0 Å². The minimum atomic E-state index is -0.218. The van der Waals surface area contributed by atoms with Crippen molar-refractivity contribution >= 4 is 5.97 Å². The summed E-state index contributed by atoms with van der Waals surface area (Å²) in [5.74, 6) is -0.218. The van der Waals surface area contributed by atoms with E-state index in [0.717, 1.165) is 22.3 Å². The van der Waals surface area contributed by atoms with Gasteiger partial charge in [0.2, 0.25) is 0 Å². The average molecular weight is 378 g/mol. The Bertz CT molecular complexity index is 1050. The van der Waals surface area contributed by atoms with Gasteiger partial charge in [-0.15, -0.1) is 0 Å². The van der Waals surface area contributed by atoms with E-state index in [4.69, 9.17) is 4.74 Å². The number of hydrogen-bond donors (Lipinski definition) is 0. The van der Waals surface area contributed by atoms with E-state index in [9.17, 15) is 4.79 Å². The molecule has 0 fully saturated rings. The second-order valence-electron chi connectivity index (χ2n) is 6.96. The Morgan fingerprint density at radius 2 is 0.931 bits per heavy atom. The summed E-state index contributed by atoms with van der Waals surface area (Å²) in [6, 6.07) is 36.6. The van der Waals surface area contributed by atoms with Crippen molar-refractivity contribution in [3.8, 4) is 22.3 Å². The van der Waals surface area contributed by atoms with Crippen molar-refractivity contribution in [2.75, 3.05) is 0 Å². The van der Waals surface area contributed by atoms with Crippen LogP contribution < -0.4 is 0 Å². The first-order valence-corrected chi connectivity index (χ1v) is 9.72. The Morgan fingerprint density at radius 1 is 0.517 bits per heavy atom. The van der Waals surface area contributed by atoms with Crippen molar-refractivity contribution in [3.63, 3.8) is 0 Å². The van der Waals surface area contributed by atoms with Crippen molar-refractivity contribution in [1.82, 2.24) is 0 Å². The van der Waals surface area contributed by atoms with Gasteiger partial charge < -0.3 is 4.74 Å². The monoisotopic (exact) mass is 378 g/mol. The maximum atomic E-state index is 12.2. The third-order valence-corrected chi connectivity index (χ3v) is 4.87. The molecule has 0 spiro atoms. The topological polar surface area (TPSA) is 26.3 Å².